The number of anilines is 1. The lowest BCUT2D eigenvalue weighted by molar-refractivity contribution is 0.412. The molecular formula is C16H18BrNO. The summed E-state index contributed by atoms with van der Waals surface area (Å²) in [4.78, 5) is 0. The maximum atomic E-state index is 5.30. The van der Waals surface area contributed by atoms with E-state index in [0.717, 1.165) is 22.5 Å². The second kappa shape index (κ2) is 6.11. The fraction of sp³-hybridized carbons (Fsp3) is 0.250. The lowest BCUT2D eigenvalue weighted by Crippen LogP contribution is -2.03. The largest absolute Gasteiger partial charge is 0.495 e. The molecular weight excluding hydrogens is 302 g/mol. The minimum absolute atomic E-state index is 0.823. The molecule has 2 aromatic carbocycles. The fourth-order valence-electron chi connectivity index (χ4n) is 2.09. The molecule has 0 atom stereocenters. The van der Waals surface area contributed by atoms with E-state index in [1.807, 2.05) is 18.2 Å². The van der Waals surface area contributed by atoms with Gasteiger partial charge in [0, 0.05) is 18.3 Å². The number of hydrogen-bond acceptors (Lipinski definition) is 2. The lowest BCUT2D eigenvalue weighted by atomic mass is 10.0. The van der Waals surface area contributed by atoms with Gasteiger partial charge in [-0.15, -0.1) is 0 Å². The summed E-state index contributed by atoms with van der Waals surface area (Å²) in [5.41, 5.74) is 5.04. The van der Waals surface area contributed by atoms with Gasteiger partial charge in [-0.2, -0.15) is 0 Å². The fourth-order valence-corrected chi connectivity index (χ4v) is 2.50. The van der Waals surface area contributed by atoms with E-state index in [2.05, 4.69) is 53.3 Å². The molecule has 0 amide bonds. The summed E-state index contributed by atoms with van der Waals surface area (Å²) in [5, 5.41) is 3.44. The van der Waals surface area contributed by atoms with Crippen LogP contribution in [0.2, 0.25) is 0 Å². The summed E-state index contributed by atoms with van der Waals surface area (Å²) >= 11 is 3.46. The van der Waals surface area contributed by atoms with Crippen molar-refractivity contribution in [3.8, 4) is 5.75 Å². The van der Waals surface area contributed by atoms with Gasteiger partial charge in [-0.05, 0) is 58.6 Å². The van der Waals surface area contributed by atoms with Crippen molar-refractivity contribution in [3.63, 3.8) is 0 Å². The van der Waals surface area contributed by atoms with Crippen molar-refractivity contribution in [2.24, 2.45) is 0 Å². The molecule has 2 aromatic rings. The SMILES string of the molecule is COc1cc(NCc2c(C)cccc2C)ccc1Br. The third-order valence-electron chi connectivity index (χ3n) is 3.26. The highest BCUT2D eigenvalue weighted by atomic mass is 79.9. The summed E-state index contributed by atoms with van der Waals surface area (Å²) in [5.74, 6) is 0.839. The zero-order valence-corrected chi connectivity index (χ0v) is 13.0. The smallest absolute Gasteiger partial charge is 0.135 e. The Balaban J connectivity index is 2.15. The van der Waals surface area contributed by atoms with Crippen molar-refractivity contribution in [2.75, 3.05) is 12.4 Å². The van der Waals surface area contributed by atoms with Crippen molar-refractivity contribution in [2.45, 2.75) is 20.4 Å². The molecule has 1 N–H and O–H groups in total. The van der Waals surface area contributed by atoms with Crippen LogP contribution in [-0.2, 0) is 6.54 Å². The van der Waals surface area contributed by atoms with Crippen molar-refractivity contribution < 1.29 is 4.74 Å². The van der Waals surface area contributed by atoms with Gasteiger partial charge in [0.2, 0.25) is 0 Å². The van der Waals surface area contributed by atoms with Gasteiger partial charge in [-0.3, -0.25) is 0 Å². The monoisotopic (exact) mass is 319 g/mol. The Bertz CT molecular complexity index is 561. The Kier molecular flexibility index (Phi) is 4.48. The van der Waals surface area contributed by atoms with E-state index in [1.54, 1.807) is 7.11 Å². The minimum Gasteiger partial charge on any atom is -0.495 e. The Morgan fingerprint density at radius 2 is 1.79 bits per heavy atom. The number of rotatable bonds is 4. The number of hydrogen-bond donors (Lipinski definition) is 1. The van der Waals surface area contributed by atoms with Crippen LogP contribution in [-0.4, -0.2) is 7.11 Å². The van der Waals surface area contributed by atoms with Crippen molar-refractivity contribution in [3.05, 3.63) is 57.6 Å². The van der Waals surface area contributed by atoms with E-state index in [-0.39, 0.29) is 0 Å². The van der Waals surface area contributed by atoms with Crippen LogP contribution in [0.15, 0.2) is 40.9 Å². The standard InChI is InChI=1S/C16H18BrNO/c1-11-5-4-6-12(2)14(11)10-18-13-7-8-15(17)16(9-13)19-3/h4-9,18H,10H2,1-3H3. The molecule has 2 rings (SSSR count). The molecule has 0 aromatic heterocycles. The van der Waals surface area contributed by atoms with Crippen LogP contribution in [0, 0.1) is 13.8 Å². The van der Waals surface area contributed by atoms with Gasteiger partial charge in [0.15, 0.2) is 0 Å². The second-order valence-electron chi connectivity index (χ2n) is 4.57. The molecule has 0 bridgehead atoms. The van der Waals surface area contributed by atoms with Crippen LogP contribution < -0.4 is 10.1 Å². The van der Waals surface area contributed by atoms with Crippen LogP contribution in [0.25, 0.3) is 0 Å². The molecule has 0 unspecified atom stereocenters. The predicted octanol–water partition coefficient (Wildman–Crippen LogP) is 4.69. The van der Waals surface area contributed by atoms with Gasteiger partial charge in [-0.25, -0.2) is 0 Å². The first-order chi connectivity index (χ1) is 9.11. The van der Waals surface area contributed by atoms with Gasteiger partial charge in [0.25, 0.3) is 0 Å². The molecule has 0 aliphatic carbocycles. The molecule has 0 spiro atoms. The second-order valence-corrected chi connectivity index (χ2v) is 5.43. The number of aryl methyl sites for hydroxylation is 2. The summed E-state index contributed by atoms with van der Waals surface area (Å²) in [6.07, 6.45) is 0. The highest BCUT2D eigenvalue weighted by molar-refractivity contribution is 9.10. The zero-order valence-electron chi connectivity index (χ0n) is 11.5. The number of nitrogens with one attached hydrogen (secondary N) is 1. The first kappa shape index (κ1) is 13.9. The Labute approximate surface area is 122 Å². The topological polar surface area (TPSA) is 21.3 Å². The first-order valence-electron chi connectivity index (χ1n) is 6.24. The Morgan fingerprint density at radius 1 is 1.11 bits per heavy atom. The van der Waals surface area contributed by atoms with E-state index in [4.69, 9.17) is 4.74 Å². The van der Waals surface area contributed by atoms with Crippen LogP contribution >= 0.6 is 15.9 Å². The third-order valence-corrected chi connectivity index (χ3v) is 3.92. The van der Waals surface area contributed by atoms with Crippen molar-refractivity contribution in [1.82, 2.24) is 0 Å². The van der Waals surface area contributed by atoms with Crippen LogP contribution in [0.1, 0.15) is 16.7 Å². The highest BCUT2D eigenvalue weighted by Crippen LogP contribution is 2.28. The Hall–Kier alpha value is -1.48. The summed E-state index contributed by atoms with van der Waals surface area (Å²) in [6.45, 7) is 5.11. The van der Waals surface area contributed by atoms with Gasteiger partial charge < -0.3 is 10.1 Å². The van der Waals surface area contributed by atoms with Crippen molar-refractivity contribution >= 4 is 21.6 Å². The van der Waals surface area contributed by atoms with Gasteiger partial charge in [0.05, 0.1) is 11.6 Å². The summed E-state index contributed by atoms with van der Waals surface area (Å²) in [6, 6.07) is 12.4. The average Bonchev–Trinajstić information content (AvgIpc) is 2.40. The first-order valence-corrected chi connectivity index (χ1v) is 7.03. The molecule has 0 aliphatic heterocycles. The average molecular weight is 320 g/mol. The molecule has 100 valence electrons. The maximum absolute atomic E-state index is 5.30. The van der Waals surface area contributed by atoms with Gasteiger partial charge >= 0.3 is 0 Å². The van der Waals surface area contributed by atoms with E-state index in [0.29, 0.717) is 0 Å². The molecule has 0 saturated heterocycles. The van der Waals surface area contributed by atoms with Crippen LogP contribution in [0.4, 0.5) is 5.69 Å². The minimum atomic E-state index is 0.823. The molecule has 2 nitrogen and oxygen atoms in total. The predicted molar refractivity (Wildman–Crippen MR) is 83.9 cm³/mol. The number of ether oxygens (including phenoxy) is 1. The van der Waals surface area contributed by atoms with E-state index < -0.39 is 0 Å². The van der Waals surface area contributed by atoms with E-state index >= 15 is 0 Å². The quantitative estimate of drug-likeness (QED) is 0.883. The zero-order chi connectivity index (χ0) is 13.8. The van der Waals surface area contributed by atoms with E-state index in [1.165, 1.54) is 16.7 Å². The molecule has 0 heterocycles. The number of halogens is 1. The summed E-state index contributed by atoms with van der Waals surface area (Å²) in [7, 11) is 1.68. The molecule has 3 heteroatoms. The molecule has 0 aliphatic rings. The molecule has 0 saturated carbocycles. The normalized spacial score (nSPS) is 10.3. The summed E-state index contributed by atoms with van der Waals surface area (Å²) < 4.78 is 6.26. The lowest BCUT2D eigenvalue weighted by Gasteiger charge is -2.13. The third kappa shape index (κ3) is 3.29. The number of benzene rings is 2. The van der Waals surface area contributed by atoms with Crippen LogP contribution in [0.5, 0.6) is 5.75 Å². The highest BCUT2D eigenvalue weighted by Gasteiger charge is 2.04. The Morgan fingerprint density at radius 3 is 2.42 bits per heavy atom. The molecule has 19 heavy (non-hydrogen) atoms. The van der Waals surface area contributed by atoms with Gasteiger partial charge in [-0.1, -0.05) is 18.2 Å². The van der Waals surface area contributed by atoms with Crippen molar-refractivity contribution in [1.29, 1.82) is 0 Å². The van der Waals surface area contributed by atoms with Crippen LogP contribution in [0.3, 0.4) is 0 Å². The molecule has 0 fully saturated rings. The maximum Gasteiger partial charge on any atom is 0.135 e. The van der Waals surface area contributed by atoms with E-state index in [9.17, 15) is 0 Å². The number of methoxy groups -OCH3 is 1. The van der Waals surface area contributed by atoms with Gasteiger partial charge in [0.1, 0.15) is 5.75 Å². The molecule has 0 radical (unpaired) electrons.